The fourth-order valence-electron chi connectivity index (χ4n) is 3.54. The highest BCUT2D eigenvalue weighted by Crippen LogP contribution is 2.11. The van der Waals surface area contributed by atoms with Crippen LogP contribution in [0.15, 0.2) is 30.3 Å². The smallest absolute Gasteiger partial charge is 0.229 e. The fourth-order valence-corrected chi connectivity index (χ4v) is 3.54. The Kier molecular flexibility index (Phi) is 6.95. The third kappa shape index (κ3) is 5.87. The van der Waals surface area contributed by atoms with Gasteiger partial charge in [-0.1, -0.05) is 30.3 Å². The molecular weight excluding hydrogens is 344 g/mol. The number of nitrogens with one attached hydrogen (secondary N) is 1. The van der Waals surface area contributed by atoms with Gasteiger partial charge in [0.2, 0.25) is 17.7 Å². The van der Waals surface area contributed by atoms with Crippen LogP contribution in [0, 0.1) is 0 Å². The molecule has 2 saturated heterocycles. The molecule has 2 aliphatic heterocycles. The van der Waals surface area contributed by atoms with Gasteiger partial charge in [-0.3, -0.25) is 29.1 Å². The van der Waals surface area contributed by atoms with Crippen LogP contribution in [-0.2, 0) is 20.9 Å². The van der Waals surface area contributed by atoms with E-state index in [2.05, 4.69) is 39.4 Å². The summed E-state index contributed by atoms with van der Waals surface area (Å²) >= 11 is 0. The molecule has 1 N–H and O–H groups in total. The third-order valence-corrected chi connectivity index (χ3v) is 5.18. The van der Waals surface area contributed by atoms with Crippen molar-refractivity contribution in [2.24, 2.45) is 0 Å². The van der Waals surface area contributed by atoms with E-state index in [1.807, 2.05) is 6.07 Å². The van der Waals surface area contributed by atoms with Gasteiger partial charge in [-0.25, -0.2) is 0 Å². The van der Waals surface area contributed by atoms with Gasteiger partial charge in [0.25, 0.3) is 0 Å². The molecule has 1 aromatic rings. The number of carbonyl (C=O) groups is 3. The monoisotopic (exact) mass is 372 g/mol. The predicted octanol–water partition coefficient (Wildman–Crippen LogP) is 0.460. The van der Waals surface area contributed by atoms with Crippen LogP contribution in [0.1, 0.15) is 24.8 Å². The molecule has 0 bridgehead atoms. The van der Waals surface area contributed by atoms with Crippen LogP contribution in [-0.4, -0.2) is 78.2 Å². The zero-order valence-electron chi connectivity index (χ0n) is 15.7. The van der Waals surface area contributed by atoms with E-state index >= 15 is 0 Å². The molecule has 0 aromatic heterocycles. The maximum atomic E-state index is 11.9. The number of piperazine rings is 1. The fraction of sp³-hybridized carbons (Fsp3) is 0.550. The van der Waals surface area contributed by atoms with Crippen molar-refractivity contribution in [1.82, 2.24) is 20.0 Å². The molecule has 0 spiro atoms. The number of rotatable bonds is 8. The minimum atomic E-state index is -0.166. The number of hydrogen-bond acceptors (Lipinski definition) is 5. The van der Waals surface area contributed by atoms with Crippen molar-refractivity contribution in [2.75, 3.05) is 45.8 Å². The first kappa shape index (κ1) is 19.5. The lowest BCUT2D eigenvalue weighted by molar-refractivity contribution is -0.138. The van der Waals surface area contributed by atoms with E-state index in [-0.39, 0.29) is 43.5 Å². The molecule has 0 radical (unpaired) electrons. The molecule has 0 aliphatic carbocycles. The van der Waals surface area contributed by atoms with Crippen LogP contribution >= 0.6 is 0 Å². The molecule has 146 valence electrons. The van der Waals surface area contributed by atoms with E-state index in [4.69, 9.17) is 0 Å². The third-order valence-electron chi connectivity index (χ3n) is 5.18. The van der Waals surface area contributed by atoms with Gasteiger partial charge in [-0.2, -0.15) is 0 Å². The summed E-state index contributed by atoms with van der Waals surface area (Å²) in [5, 5.41) is 2.89. The van der Waals surface area contributed by atoms with Crippen molar-refractivity contribution >= 4 is 17.7 Å². The normalized spacial score (nSPS) is 18.9. The summed E-state index contributed by atoms with van der Waals surface area (Å²) in [7, 11) is 0. The highest BCUT2D eigenvalue weighted by atomic mass is 16.2. The molecule has 27 heavy (non-hydrogen) atoms. The minimum Gasteiger partial charge on any atom is -0.355 e. The highest BCUT2D eigenvalue weighted by molar-refractivity contribution is 6.02. The van der Waals surface area contributed by atoms with Gasteiger partial charge in [-0.05, 0) is 5.56 Å². The summed E-state index contributed by atoms with van der Waals surface area (Å²) in [4.78, 5) is 41.0. The lowest BCUT2D eigenvalue weighted by Gasteiger charge is -2.34. The molecule has 3 rings (SSSR count). The van der Waals surface area contributed by atoms with Crippen molar-refractivity contribution in [2.45, 2.75) is 25.8 Å². The molecule has 3 amide bonds. The Hall–Kier alpha value is -2.25. The van der Waals surface area contributed by atoms with Crippen LogP contribution in [0.25, 0.3) is 0 Å². The first-order valence-electron chi connectivity index (χ1n) is 9.70. The second-order valence-electron chi connectivity index (χ2n) is 7.14. The average Bonchev–Trinajstić information content (AvgIpc) is 3.00. The predicted molar refractivity (Wildman–Crippen MR) is 102 cm³/mol. The standard InChI is InChI=1S/C20H28N4O3/c25-18(8-10-24-19(26)6-7-20(24)27)21-9-11-22-12-14-23(15-13-22)16-17-4-2-1-3-5-17/h1-5H,6-16H2,(H,21,25). The Morgan fingerprint density at radius 3 is 2.19 bits per heavy atom. The topological polar surface area (TPSA) is 73.0 Å². The maximum Gasteiger partial charge on any atom is 0.229 e. The van der Waals surface area contributed by atoms with E-state index in [1.54, 1.807) is 0 Å². The molecule has 1 aromatic carbocycles. The number of hydrogen-bond donors (Lipinski definition) is 1. The summed E-state index contributed by atoms with van der Waals surface area (Å²) < 4.78 is 0. The van der Waals surface area contributed by atoms with Gasteiger partial charge in [0.05, 0.1) is 0 Å². The Morgan fingerprint density at radius 2 is 1.52 bits per heavy atom. The number of likely N-dealkylation sites (tertiary alicyclic amines) is 1. The second kappa shape index (κ2) is 9.62. The van der Waals surface area contributed by atoms with Gasteiger partial charge in [-0.15, -0.1) is 0 Å². The zero-order chi connectivity index (χ0) is 19.1. The number of imide groups is 1. The van der Waals surface area contributed by atoms with Crippen molar-refractivity contribution in [1.29, 1.82) is 0 Å². The van der Waals surface area contributed by atoms with Crippen molar-refractivity contribution < 1.29 is 14.4 Å². The summed E-state index contributed by atoms with van der Waals surface area (Å²) in [6.45, 7) is 6.66. The van der Waals surface area contributed by atoms with Crippen LogP contribution in [0.4, 0.5) is 0 Å². The lowest BCUT2D eigenvalue weighted by atomic mass is 10.2. The van der Waals surface area contributed by atoms with Crippen LogP contribution in [0.2, 0.25) is 0 Å². The van der Waals surface area contributed by atoms with E-state index in [0.29, 0.717) is 6.54 Å². The van der Waals surface area contributed by atoms with Gasteiger partial charge in [0, 0.05) is 71.6 Å². The van der Waals surface area contributed by atoms with Crippen LogP contribution in [0.3, 0.4) is 0 Å². The Balaban J connectivity index is 1.27. The molecule has 0 saturated carbocycles. The van der Waals surface area contributed by atoms with Gasteiger partial charge in [0.1, 0.15) is 0 Å². The molecular formula is C20H28N4O3. The summed E-state index contributed by atoms with van der Waals surface area (Å²) in [5.74, 6) is -0.437. The SMILES string of the molecule is O=C(CCN1C(=O)CCC1=O)NCCN1CCN(Cc2ccccc2)CC1. The van der Waals surface area contributed by atoms with E-state index in [0.717, 1.165) is 39.3 Å². The largest absolute Gasteiger partial charge is 0.355 e. The van der Waals surface area contributed by atoms with Crippen molar-refractivity contribution in [3.05, 3.63) is 35.9 Å². The average molecular weight is 372 g/mol. The summed E-state index contributed by atoms with van der Waals surface area (Å²) in [6, 6.07) is 10.5. The Bertz CT molecular complexity index is 640. The minimum absolute atomic E-state index is 0.106. The van der Waals surface area contributed by atoms with E-state index < -0.39 is 0 Å². The Morgan fingerprint density at radius 1 is 0.889 bits per heavy atom. The van der Waals surface area contributed by atoms with E-state index in [9.17, 15) is 14.4 Å². The highest BCUT2D eigenvalue weighted by Gasteiger charge is 2.28. The summed E-state index contributed by atoms with van der Waals surface area (Å²) in [5.41, 5.74) is 1.34. The summed E-state index contributed by atoms with van der Waals surface area (Å²) in [6.07, 6.45) is 0.732. The number of amides is 3. The number of nitrogens with zero attached hydrogens (tertiary/aromatic N) is 3. The molecule has 7 heteroatoms. The molecule has 2 fully saturated rings. The molecule has 0 unspecified atom stereocenters. The quantitative estimate of drug-likeness (QED) is 0.671. The Labute approximate surface area is 160 Å². The van der Waals surface area contributed by atoms with Crippen LogP contribution in [0.5, 0.6) is 0 Å². The molecule has 2 aliphatic rings. The van der Waals surface area contributed by atoms with Crippen molar-refractivity contribution in [3.63, 3.8) is 0 Å². The van der Waals surface area contributed by atoms with Gasteiger partial charge < -0.3 is 5.32 Å². The van der Waals surface area contributed by atoms with E-state index in [1.165, 1.54) is 10.5 Å². The number of carbonyl (C=O) groups excluding carboxylic acids is 3. The van der Waals surface area contributed by atoms with Crippen LogP contribution < -0.4 is 5.32 Å². The maximum absolute atomic E-state index is 11.9. The van der Waals surface area contributed by atoms with Crippen molar-refractivity contribution in [3.8, 4) is 0 Å². The second-order valence-corrected chi connectivity index (χ2v) is 7.14. The van der Waals surface area contributed by atoms with Gasteiger partial charge >= 0.3 is 0 Å². The van der Waals surface area contributed by atoms with Gasteiger partial charge in [0.15, 0.2) is 0 Å². The lowest BCUT2D eigenvalue weighted by Crippen LogP contribution is -2.48. The number of benzene rings is 1. The molecule has 7 nitrogen and oxygen atoms in total. The molecule has 0 atom stereocenters. The molecule has 2 heterocycles. The first-order chi connectivity index (χ1) is 13.1. The zero-order valence-corrected chi connectivity index (χ0v) is 15.7. The first-order valence-corrected chi connectivity index (χ1v) is 9.70.